The molecule has 1 heterocycles. The second-order valence-corrected chi connectivity index (χ2v) is 8.08. The number of thiophene rings is 1. The van der Waals surface area contributed by atoms with E-state index in [9.17, 15) is 13.2 Å². The van der Waals surface area contributed by atoms with E-state index in [1.165, 1.54) is 7.05 Å². The van der Waals surface area contributed by atoms with E-state index in [4.69, 9.17) is 0 Å². The number of carbonyl (C=O) groups excluding carboxylic acids is 1. The molecule has 2 amide bonds. The molecule has 0 radical (unpaired) electrons. The number of nitrogens with zero attached hydrogens (tertiary/aromatic N) is 1. The maximum atomic E-state index is 12.2. The van der Waals surface area contributed by atoms with Gasteiger partial charge in [-0.2, -0.15) is 11.3 Å². The molecule has 0 atom stereocenters. The summed E-state index contributed by atoms with van der Waals surface area (Å²) in [5.74, 6) is -0.111. The van der Waals surface area contributed by atoms with Gasteiger partial charge in [-0.25, -0.2) is 17.9 Å². The molecule has 0 fully saturated rings. The van der Waals surface area contributed by atoms with Gasteiger partial charge in [0.25, 0.3) is 0 Å². The molecule has 0 aliphatic rings. The van der Waals surface area contributed by atoms with Crippen molar-refractivity contribution < 1.29 is 13.2 Å². The minimum atomic E-state index is -3.36. The third kappa shape index (κ3) is 5.33. The van der Waals surface area contributed by atoms with Crippen LogP contribution < -0.4 is 10.0 Å². The van der Waals surface area contributed by atoms with Gasteiger partial charge in [-0.1, -0.05) is 24.3 Å². The van der Waals surface area contributed by atoms with Crippen molar-refractivity contribution in [2.45, 2.75) is 18.8 Å². The van der Waals surface area contributed by atoms with E-state index < -0.39 is 10.0 Å². The molecule has 1 aromatic heterocycles. The lowest BCUT2D eigenvalue weighted by Gasteiger charge is -2.18. The molecule has 2 aromatic rings. The summed E-state index contributed by atoms with van der Waals surface area (Å²) in [7, 11) is -0.242. The van der Waals surface area contributed by atoms with Crippen molar-refractivity contribution in [2.24, 2.45) is 0 Å². The highest BCUT2D eigenvalue weighted by Gasteiger charge is 2.14. The third-order valence-electron chi connectivity index (χ3n) is 3.55. The van der Waals surface area contributed by atoms with Crippen molar-refractivity contribution in [3.8, 4) is 0 Å². The maximum absolute atomic E-state index is 12.2. The summed E-state index contributed by atoms with van der Waals surface area (Å²) < 4.78 is 25.8. The Morgan fingerprint density at radius 2 is 1.92 bits per heavy atom. The van der Waals surface area contributed by atoms with Crippen LogP contribution in [0.15, 0.2) is 41.1 Å². The third-order valence-corrected chi connectivity index (χ3v) is 5.60. The van der Waals surface area contributed by atoms with Crippen LogP contribution in [-0.2, 0) is 28.9 Å². The predicted molar refractivity (Wildman–Crippen MR) is 96.1 cm³/mol. The minimum Gasteiger partial charge on any atom is -0.334 e. The highest BCUT2D eigenvalue weighted by Crippen LogP contribution is 2.12. The van der Waals surface area contributed by atoms with Gasteiger partial charge in [-0.3, -0.25) is 0 Å². The van der Waals surface area contributed by atoms with Crippen molar-refractivity contribution in [1.82, 2.24) is 14.9 Å². The highest BCUT2D eigenvalue weighted by atomic mass is 32.2. The van der Waals surface area contributed by atoms with Crippen LogP contribution in [0.5, 0.6) is 0 Å². The van der Waals surface area contributed by atoms with Crippen molar-refractivity contribution in [3.05, 3.63) is 57.8 Å². The van der Waals surface area contributed by atoms with Crippen LogP contribution in [0.25, 0.3) is 0 Å². The largest absolute Gasteiger partial charge is 0.334 e. The molecule has 0 bridgehead atoms. The Kier molecular flexibility index (Phi) is 6.36. The minimum absolute atomic E-state index is 0.111. The highest BCUT2D eigenvalue weighted by molar-refractivity contribution is 7.88. The number of hydrogen-bond acceptors (Lipinski definition) is 4. The number of hydrogen-bond donors (Lipinski definition) is 2. The number of amides is 2. The maximum Gasteiger partial charge on any atom is 0.317 e. The standard InChI is InChI=1S/C16H21N3O3S2/c1-17-24(21,22)12-15-6-4-3-5-14(15)9-18-16(20)19(2)10-13-7-8-23-11-13/h3-8,11,17H,9-10,12H2,1-2H3,(H,18,20). The van der Waals surface area contributed by atoms with Gasteiger partial charge in [0, 0.05) is 20.1 Å². The molecule has 1 aromatic carbocycles. The zero-order chi connectivity index (χ0) is 17.6. The molecule has 0 aliphatic heterocycles. The zero-order valence-corrected chi connectivity index (χ0v) is 15.3. The fourth-order valence-corrected chi connectivity index (χ4v) is 3.68. The molecular weight excluding hydrogens is 346 g/mol. The zero-order valence-electron chi connectivity index (χ0n) is 13.7. The Morgan fingerprint density at radius 3 is 2.54 bits per heavy atom. The smallest absolute Gasteiger partial charge is 0.317 e. The lowest BCUT2D eigenvalue weighted by atomic mass is 10.1. The molecule has 130 valence electrons. The van der Waals surface area contributed by atoms with E-state index in [-0.39, 0.29) is 18.3 Å². The van der Waals surface area contributed by atoms with Gasteiger partial charge < -0.3 is 10.2 Å². The van der Waals surface area contributed by atoms with Crippen LogP contribution in [-0.4, -0.2) is 33.4 Å². The van der Waals surface area contributed by atoms with E-state index in [2.05, 4.69) is 10.0 Å². The second-order valence-electron chi connectivity index (χ2n) is 5.38. The Hall–Kier alpha value is -1.90. The van der Waals surface area contributed by atoms with E-state index >= 15 is 0 Å². The van der Waals surface area contributed by atoms with Gasteiger partial charge in [0.2, 0.25) is 10.0 Å². The van der Waals surface area contributed by atoms with E-state index in [1.54, 1.807) is 35.4 Å². The second kappa shape index (κ2) is 8.27. The lowest BCUT2D eigenvalue weighted by Crippen LogP contribution is -2.36. The summed E-state index contributed by atoms with van der Waals surface area (Å²) in [6, 6.07) is 8.96. The lowest BCUT2D eigenvalue weighted by molar-refractivity contribution is 0.206. The monoisotopic (exact) mass is 367 g/mol. The Bertz CT molecular complexity index is 774. The summed E-state index contributed by atoms with van der Waals surface area (Å²) >= 11 is 1.59. The van der Waals surface area contributed by atoms with Crippen molar-refractivity contribution in [1.29, 1.82) is 0 Å². The summed E-state index contributed by atoms with van der Waals surface area (Å²) in [5.41, 5.74) is 2.54. The first-order chi connectivity index (χ1) is 11.4. The average molecular weight is 367 g/mol. The molecule has 8 heteroatoms. The first-order valence-corrected chi connectivity index (χ1v) is 9.99. The normalized spacial score (nSPS) is 11.2. The summed E-state index contributed by atoms with van der Waals surface area (Å²) in [4.78, 5) is 13.8. The van der Waals surface area contributed by atoms with Gasteiger partial charge in [-0.15, -0.1) is 0 Å². The van der Waals surface area contributed by atoms with Crippen LogP contribution >= 0.6 is 11.3 Å². The number of benzene rings is 1. The molecule has 24 heavy (non-hydrogen) atoms. The Balaban J connectivity index is 1.97. The molecule has 0 spiro atoms. The van der Waals surface area contributed by atoms with Crippen LogP contribution in [0.2, 0.25) is 0 Å². The van der Waals surface area contributed by atoms with Crippen LogP contribution in [0.1, 0.15) is 16.7 Å². The van der Waals surface area contributed by atoms with Gasteiger partial charge in [0.15, 0.2) is 0 Å². The Morgan fingerprint density at radius 1 is 1.21 bits per heavy atom. The van der Waals surface area contributed by atoms with Crippen molar-refractivity contribution >= 4 is 27.4 Å². The average Bonchev–Trinajstić information content (AvgIpc) is 3.06. The fraction of sp³-hybridized carbons (Fsp3) is 0.312. The molecule has 0 saturated heterocycles. The predicted octanol–water partition coefficient (Wildman–Crippen LogP) is 2.14. The van der Waals surface area contributed by atoms with Gasteiger partial charge >= 0.3 is 6.03 Å². The fourth-order valence-electron chi connectivity index (χ4n) is 2.18. The first-order valence-electron chi connectivity index (χ1n) is 7.39. The van der Waals surface area contributed by atoms with Gasteiger partial charge in [0.1, 0.15) is 0 Å². The molecule has 0 unspecified atom stereocenters. The van der Waals surface area contributed by atoms with E-state index in [0.717, 1.165) is 11.1 Å². The van der Waals surface area contributed by atoms with Crippen molar-refractivity contribution in [2.75, 3.05) is 14.1 Å². The Labute approximate surface area is 146 Å². The van der Waals surface area contributed by atoms with Gasteiger partial charge in [0.05, 0.1) is 5.75 Å². The van der Waals surface area contributed by atoms with E-state index in [0.29, 0.717) is 12.1 Å². The first kappa shape index (κ1) is 18.4. The number of carbonyl (C=O) groups is 1. The SMILES string of the molecule is CNS(=O)(=O)Cc1ccccc1CNC(=O)N(C)Cc1ccsc1. The number of rotatable bonds is 7. The van der Waals surface area contributed by atoms with Crippen molar-refractivity contribution in [3.63, 3.8) is 0 Å². The molecule has 2 N–H and O–H groups in total. The summed E-state index contributed by atoms with van der Waals surface area (Å²) in [6.07, 6.45) is 0. The molecule has 2 rings (SSSR count). The quantitative estimate of drug-likeness (QED) is 0.787. The van der Waals surface area contributed by atoms with Crippen LogP contribution in [0, 0.1) is 0 Å². The summed E-state index contributed by atoms with van der Waals surface area (Å²) in [5, 5.41) is 6.80. The molecule has 6 nitrogen and oxygen atoms in total. The molecule has 0 saturated carbocycles. The number of nitrogens with one attached hydrogen (secondary N) is 2. The molecule has 0 aliphatic carbocycles. The van der Waals surface area contributed by atoms with Crippen LogP contribution in [0.3, 0.4) is 0 Å². The molecular formula is C16H21N3O3S2. The number of urea groups is 1. The van der Waals surface area contributed by atoms with Gasteiger partial charge in [-0.05, 0) is 40.6 Å². The topological polar surface area (TPSA) is 78.5 Å². The summed E-state index contributed by atoms with van der Waals surface area (Å²) in [6.45, 7) is 0.813. The van der Waals surface area contributed by atoms with E-state index in [1.807, 2.05) is 29.0 Å². The van der Waals surface area contributed by atoms with Crippen LogP contribution in [0.4, 0.5) is 4.79 Å². The number of sulfonamides is 1.